The van der Waals surface area contributed by atoms with Crippen LogP contribution in [0.4, 0.5) is 0 Å². The van der Waals surface area contributed by atoms with Crippen LogP contribution in [0.5, 0.6) is 0 Å². The molecular weight excluding hydrogens is 340 g/mol. The van der Waals surface area contributed by atoms with Crippen molar-refractivity contribution in [3.63, 3.8) is 0 Å². The number of carbonyl (C=O) groups is 1. The maximum Gasteiger partial charge on any atom is 0.272 e. The van der Waals surface area contributed by atoms with Gasteiger partial charge in [0.15, 0.2) is 0 Å². The highest BCUT2D eigenvalue weighted by molar-refractivity contribution is 5.92. The van der Waals surface area contributed by atoms with Crippen molar-refractivity contribution in [3.05, 3.63) is 40.7 Å². The van der Waals surface area contributed by atoms with Crippen molar-refractivity contribution in [2.45, 2.75) is 51.5 Å². The third kappa shape index (κ3) is 3.48. The van der Waals surface area contributed by atoms with Crippen molar-refractivity contribution in [1.82, 2.24) is 30.0 Å². The maximum absolute atomic E-state index is 13.1. The van der Waals surface area contributed by atoms with Gasteiger partial charge in [0.1, 0.15) is 11.5 Å². The van der Waals surface area contributed by atoms with Crippen LogP contribution in [-0.2, 0) is 25.4 Å². The highest BCUT2D eigenvalue weighted by atomic mass is 16.2. The molecule has 1 atom stereocenters. The highest BCUT2D eigenvalue weighted by Crippen LogP contribution is 2.25. The summed E-state index contributed by atoms with van der Waals surface area (Å²) in [5.74, 6) is 1.38. The Bertz CT molecular complexity index is 860. The van der Waals surface area contributed by atoms with Crippen molar-refractivity contribution in [1.29, 1.82) is 0 Å². The molecule has 144 valence electrons. The van der Waals surface area contributed by atoms with Gasteiger partial charge in [0.2, 0.25) is 0 Å². The summed E-state index contributed by atoms with van der Waals surface area (Å²) in [4.78, 5) is 24.3. The van der Waals surface area contributed by atoms with Crippen LogP contribution < -0.4 is 5.32 Å². The van der Waals surface area contributed by atoms with E-state index < -0.39 is 0 Å². The molecule has 1 saturated heterocycles. The van der Waals surface area contributed by atoms with Gasteiger partial charge in [0.05, 0.1) is 11.4 Å². The molecule has 0 bridgehead atoms. The lowest BCUT2D eigenvalue weighted by atomic mass is 9.92. The van der Waals surface area contributed by atoms with Gasteiger partial charge in [-0.1, -0.05) is 20.8 Å². The van der Waals surface area contributed by atoms with E-state index in [-0.39, 0.29) is 11.3 Å². The number of rotatable bonds is 2. The summed E-state index contributed by atoms with van der Waals surface area (Å²) in [5.41, 5.74) is 3.64. The Morgan fingerprint density at radius 1 is 1.33 bits per heavy atom. The Morgan fingerprint density at radius 3 is 2.81 bits per heavy atom. The minimum atomic E-state index is -0.0792. The molecule has 7 heteroatoms. The Hall–Kier alpha value is -2.28. The molecule has 0 radical (unpaired) electrons. The van der Waals surface area contributed by atoms with Crippen LogP contribution >= 0.6 is 0 Å². The normalized spacial score (nSPS) is 20.0. The van der Waals surface area contributed by atoms with Crippen molar-refractivity contribution in [2.75, 3.05) is 19.6 Å². The number of hydrogen-bond acceptors (Lipinski definition) is 5. The molecule has 7 nitrogen and oxygen atoms in total. The average Bonchev–Trinajstić information content (AvgIpc) is 3.29. The predicted molar refractivity (Wildman–Crippen MR) is 103 cm³/mol. The van der Waals surface area contributed by atoms with E-state index in [1.807, 2.05) is 24.2 Å². The smallest absolute Gasteiger partial charge is 0.272 e. The number of nitrogens with zero attached hydrogens (tertiary/aromatic N) is 5. The summed E-state index contributed by atoms with van der Waals surface area (Å²) in [6.07, 6.45) is 3.79. The molecule has 2 aromatic rings. The maximum atomic E-state index is 13.1. The number of hydrogen-bond donors (Lipinski definition) is 1. The molecule has 2 aromatic heterocycles. The molecule has 1 amide bonds. The number of aryl methyl sites for hydroxylation is 1. The van der Waals surface area contributed by atoms with E-state index in [4.69, 9.17) is 4.98 Å². The van der Waals surface area contributed by atoms with Gasteiger partial charge in [-0.15, -0.1) is 0 Å². The minimum Gasteiger partial charge on any atom is -0.332 e. The predicted octanol–water partition coefficient (Wildman–Crippen LogP) is 1.78. The van der Waals surface area contributed by atoms with Crippen molar-refractivity contribution >= 4 is 5.91 Å². The van der Waals surface area contributed by atoms with Crippen molar-refractivity contribution < 1.29 is 4.79 Å². The van der Waals surface area contributed by atoms with E-state index in [0.717, 1.165) is 48.7 Å². The van der Waals surface area contributed by atoms with Gasteiger partial charge in [-0.05, 0) is 19.0 Å². The zero-order valence-corrected chi connectivity index (χ0v) is 16.6. The first kappa shape index (κ1) is 18.1. The van der Waals surface area contributed by atoms with Gasteiger partial charge >= 0.3 is 0 Å². The lowest BCUT2D eigenvalue weighted by molar-refractivity contribution is 0.0722. The van der Waals surface area contributed by atoms with Gasteiger partial charge in [0.25, 0.3) is 5.91 Å². The summed E-state index contributed by atoms with van der Waals surface area (Å²) in [5, 5.41) is 7.90. The van der Waals surface area contributed by atoms with Gasteiger partial charge in [-0.3, -0.25) is 9.48 Å². The summed E-state index contributed by atoms with van der Waals surface area (Å²) in [7, 11) is 1.84. The van der Waals surface area contributed by atoms with Crippen molar-refractivity contribution in [2.24, 2.45) is 7.05 Å². The molecule has 0 saturated carbocycles. The number of carbonyl (C=O) groups excluding carboxylic acids is 1. The summed E-state index contributed by atoms with van der Waals surface area (Å²) < 4.78 is 1.70. The molecule has 2 aliphatic rings. The average molecular weight is 368 g/mol. The first-order chi connectivity index (χ1) is 12.8. The lowest BCUT2D eigenvalue weighted by Gasteiger charge is -2.28. The van der Waals surface area contributed by atoms with E-state index in [0.29, 0.717) is 24.7 Å². The van der Waals surface area contributed by atoms with Crippen LogP contribution in [0.25, 0.3) is 0 Å². The minimum absolute atomic E-state index is 0.0234. The second kappa shape index (κ2) is 6.71. The quantitative estimate of drug-likeness (QED) is 0.874. The van der Waals surface area contributed by atoms with Gasteiger partial charge in [-0.2, -0.15) is 5.10 Å². The van der Waals surface area contributed by atoms with Crippen LogP contribution in [-0.4, -0.2) is 50.2 Å². The molecular formula is C20H28N6O. The molecule has 0 spiro atoms. The molecule has 0 unspecified atom stereocenters. The van der Waals surface area contributed by atoms with E-state index in [9.17, 15) is 4.79 Å². The lowest BCUT2D eigenvalue weighted by Crippen LogP contribution is -2.37. The summed E-state index contributed by atoms with van der Waals surface area (Å²) >= 11 is 0. The molecule has 0 aliphatic carbocycles. The van der Waals surface area contributed by atoms with E-state index >= 15 is 0 Å². The largest absolute Gasteiger partial charge is 0.332 e. The monoisotopic (exact) mass is 368 g/mol. The second-order valence-corrected chi connectivity index (χ2v) is 8.65. The van der Waals surface area contributed by atoms with Crippen molar-refractivity contribution in [3.8, 4) is 0 Å². The Morgan fingerprint density at radius 2 is 2.15 bits per heavy atom. The van der Waals surface area contributed by atoms with Crippen LogP contribution in [0.1, 0.15) is 66.4 Å². The molecule has 1 fully saturated rings. The fraction of sp³-hybridized carbons (Fsp3) is 0.600. The topological polar surface area (TPSA) is 75.9 Å². The van der Waals surface area contributed by atoms with E-state index in [1.54, 1.807) is 4.68 Å². The zero-order chi connectivity index (χ0) is 19.2. The molecule has 2 aliphatic heterocycles. The van der Waals surface area contributed by atoms with Gasteiger partial charge in [-0.25, -0.2) is 9.97 Å². The number of amides is 1. The Kier molecular flexibility index (Phi) is 4.50. The first-order valence-electron chi connectivity index (χ1n) is 9.72. The fourth-order valence-corrected chi connectivity index (χ4v) is 3.77. The fourth-order valence-electron chi connectivity index (χ4n) is 3.77. The van der Waals surface area contributed by atoms with Crippen LogP contribution in [0.2, 0.25) is 0 Å². The Labute approximate surface area is 160 Å². The van der Waals surface area contributed by atoms with Crippen LogP contribution in [0.15, 0.2) is 12.3 Å². The highest BCUT2D eigenvalue weighted by Gasteiger charge is 2.28. The van der Waals surface area contributed by atoms with E-state index in [2.05, 4.69) is 36.2 Å². The Balaban J connectivity index is 1.52. The molecule has 27 heavy (non-hydrogen) atoms. The number of fused-ring (bicyclic) bond motifs is 1. The number of aromatic nitrogens is 4. The molecule has 4 rings (SSSR count). The molecule has 1 N–H and O–H groups in total. The summed E-state index contributed by atoms with van der Waals surface area (Å²) in [6.45, 7) is 9.56. The summed E-state index contributed by atoms with van der Waals surface area (Å²) in [6, 6.07) is 1.92. The van der Waals surface area contributed by atoms with Crippen LogP contribution in [0, 0.1) is 0 Å². The van der Waals surface area contributed by atoms with Gasteiger partial charge < -0.3 is 10.2 Å². The first-order valence-corrected chi connectivity index (χ1v) is 9.72. The molecule has 0 aromatic carbocycles. The zero-order valence-electron chi connectivity index (χ0n) is 16.6. The number of nitrogens with one attached hydrogen (secondary N) is 1. The van der Waals surface area contributed by atoms with Gasteiger partial charge in [0, 0.05) is 56.2 Å². The van der Waals surface area contributed by atoms with Crippen LogP contribution in [0.3, 0.4) is 0 Å². The SMILES string of the molecule is Cn1nc(C(C)(C)C)cc1C(=O)N1CCc2nc([C@H]3CCNC3)ncc2C1. The third-order valence-corrected chi connectivity index (χ3v) is 5.53. The van der Waals surface area contributed by atoms with E-state index in [1.165, 1.54) is 0 Å². The second-order valence-electron chi connectivity index (χ2n) is 8.65. The molecule has 4 heterocycles. The third-order valence-electron chi connectivity index (χ3n) is 5.53. The standard InChI is InChI=1S/C20H28N6O/c1-20(2,3)17-9-16(25(4)24-17)19(27)26-8-6-15-14(12-26)11-22-18(23-15)13-5-7-21-10-13/h9,11,13,21H,5-8,10,12H2,1-4H3/t13-/m0/s1.